The van der Waals surface area contributed by atoms with Crippen LogP contribution in [-0.4, -0.2) is 22.0 Å². The summed E-state index contributed by atoms with van der Waals surface area (Å²) in [6.07, 6.45) is 0. The molecule has 0 unspecified atom stereocenters. The normalized spacial score (nSPS) is 10.0. The lowest BCUT2D eigenvalue weighted by Gasteiger charge is -2.05. The van der Waals surface area contributed by atoms with Crippen molar-refractivity contribution in [1.82, 2.24) is 10.2 Å². The van der Waals surface area contributed by atoms with Crippen molar-refractivity contribution in [3.63, 3.8) is 0 Å². The van der Waals surface area contributed by atoms with E-state index in [0.717, 1.165) is 5.69 Å². The second kappa shape index (κ2) is 5.34. The van der Waals surface area contributed by atoms with Gasteiger partial charge >= 0.3 is 0 Å². The number of carbonyl (C=O) groups excluding carboxylic acids is 2. The molecule has 6 heteroatoms. The van der Waals surface area contributed by atoms with Crippen LogP contribution in [0.25, 0.3) is 0 Å². The number of hydrogen-bond acceptors (Lipinski definition) is 3. The number of aryl methyl sites for hydroxylation is 1. The molecule has 3 N–H and O–H groups in total. The first-order valence-electron chi connectivity index (χ1n) is 5.75. The molecule has 2 rings (SSSR count). The molecule has 0 atom stereocenters. The summed E-state index contributed by atoms with van der Waals surface area (Å²) >= 11 is 0. The molecule has 1 aromatic carbocycles. The number of hydrogen-bond donors (Lipinski definition) is 3. The molecule has 0 saturated heterocycles. The number of benzene rings is 1. The van der Waals surface area contributed by atoms with Crippen LogP contribution in [0.5, 0.6) is 0 Å². The van der Waals surface area contributed by atoms with Crippen LogP contribution in [0.2, 0.25) is 0 Å². The monoisotopic (exact) mass is 258 g/mol. The predicted molar refractivity (Wildman–Crippen MR) is 72.0 cm³/mol. The number of aromatic amines is 1. The van der Waals surface area contributed by atoms with Crippen molar-refractivity contribution >= 4 is 23.2 Å². The smallest absolute Gasteiger partial charge is 0.276 e. The zero-order valence-corrected chi connectivity index (χ0v) is 10.7. The first-order chi connectivity index (χ1) is 9.04. The van der Waals surface area contributed by atoms with Gasteiger partial charge in [0.25, 0.3) is 5.91 Å². The highest BCUT2D eigenvalue weighted by Crippen LogP contribution is 2.14. The Balaban J connectivity index is 2.03. The molecule has 0 fully saturated rings. The molecule has 1 aromatic heterocycles. The van der Waals surface area contributed by atoms with Gasteiger partial charge in [-0.2, -0.15) is 5.10 Å². The third-order valence-electron chi connectivity index (χ3n) is 2.40. The van der Waals surface area contributed by atoms with Crippen LogP contribution in [0.3, 0.4) is 0 Å². The lowest BCUT2D eigenvalue weighted by Crippen LogP contribution is -2.12. The Labute approximate surface area is 110 Å². The van der Waals surface area contributed by atoms with E-state index in [1.807, 2.05) is 6.92 Å². The Morgan fingerprint density at radius 2 is 1.68 bits per heavy atom. The number of amides is 2. The van der Waals surface area contributed by atoms with Crippen LogP contribution in [0.1, 0.15) is 23.1 Å². The minimum Gasteiger partial charge on any atom is -0.326 e. The molecule has 0 radical (unpaired) electrons. The molecule has 6 nitrogen and oxygen atoms in total. The summed E-state index contributed by atoms with van der Waals surface area (Å²) in [5, 5.41) is 12.0. The van der Waals surface area contributed by atoms with Crippen LogP contribution in [0.15, 0.2) is 30.3 Å². The largest absolute Gasteiger partial charge is 0.326 e. The molecular formula is C13H14N4O2. The van der Waals surface area contributed by atoms with Gasteiger partial charge in [0, 0.05) is 24.0 Å². The van der Waals surface area contributed by atoms with E-state index in [0.29, 0.717) is 17.1 Å². The van der Waals surface area contributed by atoms with Crippen molar-refractivity contribution in [1.29, 1.82) is 0 Å². The van der Waals surface area contributed by atoms with Crippen LogP contribution in [0, 0.1) is 6.92 Å². The average molecular weight is 258 g/mol. The van der Waals surface area contributed by atoms with Gasteiger partial charge in [-0.15, -0.1) is 0 Å². The van der Waals surface area contributed by atoms with Gasteiger partial charge in [-0.05, 0) is 37.3 Å². The maximum Gasteiger partial charge on any atom is 0.276 e. The van der Waals surface area contributed by atoms with Crippen LogP contribution >= 0.6 is 0 Å². The topological polar surface area (TPSA) is 86.9 Å². The summed E-state index contributed by atoms with van der Waals surface area (Å²) in [7, 11) is 0. The van der Waals surface area contributed by atoms with E-state index in [1.165, 1.54) is 6.92 Å². The number of rotatable bonds is 3. The molecule has 0 aliphatic heterocycles. The first-order valence-corrected chi connectivity index (χ1v) is 5.75. The van der Waals surface area contributed by atoms with E-state index in [4.69, 9.17) is 0 Å². The molecule has 0 bridgehead atoms. The number of carbonyl (C=O) groups is 2. The van der Waals surface area contributed by atoms with Crippen molar-refractivity contribution < 1.29 is 9.59 Å². The SMILES string of the molecule is CC(=O)Nc1ccc(NC(=O)c2cc(C)[nH]n2)cc1. The van der Waals surface area contributed by atoms with Crippen molar-refractivity contribution in [2.24, 2.45) is 0 Å². The standard InChI is InChI=1S/C13H14N4O2/c1-8-7-12(17-16-8)13(19)15-11-5-3-10(4-6-11)14-9(2)18/h3-7H,1-2H3,(H,14,18)(H,15,19)(H,16,17). The van der Waals surface area contributed by atoms with E-state index < -0.39 is 0 Å². The summed E-state index contributed by atoms with van der Waals surface area (Å²) in [5.74, 6) is -0.416. The predicted octanol–water partition coefficient (Wildman–Crippen LogP) is 1.93. The summed E-state index contributed by atoms with van der Waals surface area (Å²) in [6.45, 7) is 3.27. The van der Waals surface area contributed by atoms with E-state index in [2.05, 4.69) is 20.8 Å². The second-order valence-corrected chi connectivity index (χ2v) is 4.15. The summed E-state index contributed by atoms with van der Waals surface area (Å²) < 4.78 is 0. The fraction of sp³-hybridized carbons (Fsp3) is 0.154. The number of anilines is 2. The number of nitrogens with zero attached hydrogens (tertiary/aromatic N) is 1. The summed E-state index contributed by atoms with van der Waals surface area (Å²) in [6, 6.07) is 8.52. The zero-order valence-electron chi connectivity index (χ0n) is 10.7. The second-order valence-electron chi connectivity index (χ2n) is 4.15. The van der Waals surface area contributed by atoms with Crippen molar-refractivity contribution in [2.75, 3.05) is 10.6 Å². The Kier molecular flexibility index (Phi) is 3.61. The van der Waals surface area contributed by atoms with E-state index in [9.17, 15) is 9.59 Å². The van der Waals surface area contributed by atoms with Gasteiger partial charge in [0.1, 0.15) is 0 Å². The molecule has 19 heavy (non-hydrogen) atoms. The maximum atomic E-state index is 11.8. The van der Waals surface area contributed by atoms with Gasteiger partial charge in [-0.25, -0.2) is 0 Å². The van der Waals surface area contributed by atoms with Crippen molar-refractivity contribution in [2.45, 2.75) is 13.8 Å². The summed E-state index contributed by atoms with van der Waals surface area (Å²) in [5.41, 5.74) is 2.48. The highest BCUT2D eigenvalue weighted by molar-refractivity contribution is 6.03. The molecule has 2 aromatic rings. The van der Waals surface area contributed by atoms with Crippen LogP contribution in [0.4, 0.5) is 11.4 Å². The van der Waals surface area contributed by atoms with Gasteiger partial charge in [0.05, 0.1) is 0 Å². The molecule has 2 amide bonds. The van der Waals surface area contributed by atoms with Gasteiger partial charge in [-0.3, -0.25) is 14.7 Å². The lowest BCUT2D eigenvalue weighted by atomic mass is 10.2. The van der Waals surface area contributed by atoms with Gasteiger partial charge in [0.2, 0.25) is 5.91 Å². The van der Waals surface area contributed by atoms with E-state index >= 15 is 0 Å². The van der Waals surface area contributed by atoms with Crippen LogP contribution in [-0.2, 0) is 4.79 Å². The number of H-pyrrole nitrogens is 1. The zero-order chi connectivity index (χ0) is 13.8. The number of nitrogens with one attached hydrogen (secondary N) is 3. The Morgan fingerprint density at radius 1 is 1.11 bits per heavy atom. The highest BCUT2D eigenvalue weighted by Gasteiger charge is 2.09. The molecular weight excluding hydrogens is 244 g/mol. The molecule has 0 saturated carbocycles. The molecule has 1 heterocycles. The quantitative estimate of drug-likeness (QED) is 0.786. The minimum atomic E-state index is -0.281. The fourth-order valence-corrected chi connectivity index (χ4v) is 1.57. The Morgan fingerprint density at radius 3 is 2.16 bits per heavy atom. The van der Waals surface area contributed by atoms with Gasteiger partial charge in [0.15, 0.2) is 5.69 Å². The van der Waals surface area contributed by atoms with Crippen molar-refractivity contribution in [3.05, 3.63) is 41.7 Å². The fourth-order valence-electron chi connectivity index (χ4n) is 1.57. The van der Waals surface area contributed by atoms with Gasteiger partial charge < -0.3 is 10.6 Å². The number of aromatic nitrogens is 2. The van der Waals surface area contributed by atoms with Crippen LogP contribution < -0.4 is 10.6 Å². The lowest BCUT2D eigenvalue weighted by molar-refractivity contribution is -0.114. The Bertz CT molecular complexity index is 601. The highest BCUT2D eigenvalue weighted by atomic mass is 16.2. The Hall–Kier alpha value is -2.63. The van der Waals surface area contributed by atoms with E-state index in [-0.39, 0.29) is 11.8 Å². The average Bonchev–Trinajstić information content (AvgIpc) is 2.78. The molecule has 0 aliphatic carbocycles. The third-order valence-corrected chi connectivity index (χ3v) is 2.40. The van der Waals surface area contributed by atoms with E-state index in [1.54, 1.807) is 30.3 Å². The minimum absolute atomic E-state index is 0.135. The maximum absolute atomic E-state index is 11.8. The summed E-state index contributed by atoms with van der Waals surface area (Å²) in [4.78, 5) is 22.7. The van der Waals surface area contributed by atoms with Gasteiger partial charge in [-0.1, -0.05) is 0 Å². The van der Waals surface area contributed by atoms with Crippen molar-refractivity contribution in [3.8, 4) is 0 Å². The third kappa shape index (κ3) is 3.41. The molecule has 98 valence electrons. The molecule has 0 aliphatic rings. The first kappa shape index (κ1) is 12.8. The molecule has 0 spiro atoms.